The summed E-state index contributed by atoms with van der Waals surface area (Å²) in [7, 11) is 3.86. The fourth-order valence-electron chi connectivity index (χ4n) is 1.79. The van der Waals surface area contributed by atoms with Crippen LogP contribution in [0.15, 0.2) is 42.6 Å². The molecule has 1 N–H and O–H groups in total. The molecule has 0 radical (unpaired) electrons. The van der Waals surface area contributed by atoms with E-state index in [9.17, 15) is 0 Å². The highest BCUT2D eigenvalue weighted by Gasteiger charge is 2.10. The molecule has 0 saturated heterocycles. The van der Waals surface area contributed by atoms with Gasteiger partial charge in [-0.05, 0) is 30.8 Å². The molecule has 18 heavy (non-hydrogen) atoms. The van der Waals surface area contributed by atoms with Crippen LogP contribution in [-0.4, -0.2) is 19.1 Å². The molecule has 0 fully saturated rings. The molecule has 4 heteroatoms. The Bertz CT molecular complexity index is 514. The van der Waals surface area contributed by atoms with E-state index in [2.05, 4.69) is 10.3 Å². The Hall–Kier alpha value is -1.58. The molecule has 1 heterocycles. The number of para-hydroxylation sites is 1. The summed E-state index contributed by atoms with van der Waals surface area (Å²) >= 11 is 6.28. The number of hydrogen-bond donors (Lipinski definition) is 1. The summed E-state index contributed by atoms with van der Waals surface area (Å²) in [6.07, 6.45) is 1.84. The highest BCUT2D eigenvalue weighted by Crippen LogP contribution is 2.28. The fourth-order valence-corrected chi connectivity index (χ4v) is 2.11. The predicted octanol–water partition coefficient (Wildman–Crippen LogP) is 3.22. The first-order valence-corrected chi connectivity index (χ1v) is 6.18. The molecule has 2 aromatic rings. The second-order valence-electron chi connectivity index (χ2n) is 4.07. The molecular formula is C14H16ClN3. The summed E-state index contributed by atoms with van der Waals surface area (Å²) in [4.78, 5) is 6.40. The highest BCUT2D eigenvalue weighted by atomic mass is 35.5. The van der Waals surface area contributed by atoms with Gasteiger partial charge in [-0.3, -0.25) is 0 Å². The number of halogens is 1. The maximum atomic E-state index is 6.28. The molecule has 2 rings (SSSR count). The molecule has 0 amide bonds. The molecule has 94 valence electrons. The molecule has 0 unspecified atom stereocenters. The number of nitrogens with zero attached hydrogens (tertiary/aromatic N) is 2. The predicted molar refractivity (Wildman–Crippen MR) is 76.5 cm³/mol. The normalized spacial score (nSPS) is 10.4. The molecule has 0 aliphatic heterocycles. The third kappa shape index (κ3) is 2.81. The monoisotopic (exact) mass is 261 g/mol. The first-order valence-electron chi connectivity index (χ1n) is 5.80. The van der Waals surface area contributed by atoms with Crippen LogP contribution in [0.4, 0.5) is 11.5 Å². The van der Waals surface area contributed by atoms with Crippen LogP contribution in [0.3, 0.4) is 0 Å². The van der Waals surface area contributed by atoms with Crippen molar-refractivity contribution < 1.29 is 0 Å². The van der Waals surface area contributed by atoms with Crippen molar-refractivity contribution in [1.82, 2.24) is 10.3 Å². The lowest BCUT2D eigenvalue weighted by Gasteiger charge is -2.19. The van der Waals surface area contributed by atoms with Crippen LogP contribution in [0, 0.1) is 0 Å². The van der Waals surface area contributed by atoms with Gasteiger partial charge in [0, 0.05) is 25.5 Å². The van der Waals surface area contributed by atoms with Crippen LogP contribution >= 0.6 is 11.6 Å². The minimum atomic E-state index is 0.661. The number of pyridine rings is 1. The molecule has 1 aromatic carbocycles. The van der Waals surface area contributed by atoms with Crippen LogP contribution in [0.25, 0.3) is 0 Å². The van der Waals surface area contributed by atoms with E-state index < -0.39 is 0 Å². The third-order valence-electron chi connectivity index (χ3n) is 2.72. The molecule has 0 bridgehead atoms. The van der Waals surface area contributed by atoms with E-state index in [1.54, 1.807) is 0 Å². The van der Waals surface area contributed by atoms with Gasteiger partial charge < -0.3 is 10.2 Å². The minimum absolute atomic E-state index is 0.661. The van der Waals surface area contributed by atoms with Gasteiger partial charge in [0.1, 0.15) is 0 Å². The van der Waals surface area contributed by atoms with Gasteiger partial charge in [0.2, 0.25) is 0 Å². The van der Waals surface area contributed by atoms with Gasteiger partial charge >= 0.3 is 0 Å². The Labute approximate surface area is 112 Å². The Balaban J connectivity index is 2.28. The number of nitrogens with one attached hydrogen (secondary N) is 1. The molecule has 1 aromatic heterocycles. The van der Waals surface area contributed by atoms with Crippen molar-refractivity contribution in [2.45, 2.75) is 6.54 Å². The summed E-state index contributed by atoms with van der Waals surface area (Å²) in [5.74, 6) is 0.766. The highest BCUT2D eigenvalue weighted by molar-refractivity contribution is 6.33. The van der Waals surface area contributed by atoms with Crippen molar-refractivity contribution in [3.8, 4) is 0 Å². The van der Waals surface area contributed by atoms with Crippen molar-refractivity contribution in [3.63, 3.8) is 0 Å². The molecular weight excluding hydrogens is 246 g/mol. The second-order valence-corrected chi connectivity index (χ2v) is 4.48. The van der Waals surface area contributed by atoms with Crippen molar-refractivity contribution in [3.05, 3.63) is 53.2 Å². The van der Waals surface area contributed by atoms with Gasteiger partial charge in [-0.15, -0.1) is 0 Å². The van der Waals surface area contributed by atoms with Crippen LogP contribution in [-0.2, 0) is 6.54 Å². The van der Waals surface area contributed by atoms with Crippen molar-refractivity contribution in [1.29, 1.82) is 0 Å². The first-order chi connectivity index (χ1) is 8.72. The summed E-state index contributed by atoms with van der Waals surface area (Å²) in [6.45, 7) is 0.766. The molecule has 3 nitrogen and oxygen atoms in total. The largest absolute Gasteiger partial charge is 0.328 e. The Morgan fingerprint density at radius 1 is 1.28 bits per heavy atom. The summed E-state index contributed by atoms with van der Waals surface area (Å²) in [6, 6.07) is 12.0. The third-order valence-corrected chi connectivity index (χ3v) is 3.00. The van der Waals surface area contributed by atoms with E-state index in [0.717, 1.165) is 23.6 Å². The molecule has 0 aliphatic rings. The second kappa shape index (κ2) is 5.85. The van der Waals surface area contributed by atoms with Gasteiger partial charge in [0.15, 0.2) is 5.82 Å². The fraction of sp³-hybridized carbons (Fsp3) is 0.214. The number of aromatic nitrogens is 1. The number of rotatable bonds is 4. The maximum absolute atomic E-state index is 6.28. The lowest BCUT2D eigenvalue weighted by atomic mass is 10.2. The molecule has 0 atom stereocenters. The van der Waals surface area contributed by atoms with Gasteiger partial charge in [-0.1, -0.05) is 29.8 Å². The molecule has 0 spiro atoms. The lowest BCUT2D eigenvalue weighted by Crippen LogP contribution is -2.12. The SMILES string of the molecule is CNCc1cnc(N(C)c2ccccc2)c(Cl)c1. The number of anilines is 2. The first kappa shape index (κ1) is 12.9. The Morgan fingerprint density at radius 2 is 2.00 bits per heavy atom. The summed E-state index contributed by atoms with van der Waals surface area (Å²) in [5.41, 5.74) is 2.14. The Morgan fingerprint density at radius 3 is 2.61 bits per heavy atom. The zero-order valence-corrected chi connectivity index (χ0v) is 11.3. The van der Waals surface area contributed by atoms with E-state index in [4.69, 9.17) is 11.6 Å². The summed E-state index contributed by atoms with van der Waals surface area (Å²) in [5, 5.41) is 3.74. The van der Waals surface area contributed by atoms with Gasteiger partial charge in [-0.2, -0.15) is 0 Å². The van der Waals surface area contributed by atoms with Crippen LogP contribution < -0.4 is 10.2 Å². The van der Waals surface area contributed by atoms with Crippen LogP contribution in [0.2, 0.25) is 5.02 Å². The van der Waals surface area contributed by atoms with E-state index in [0.29, 0.717) is 5.02 Å². The minimum Gasteiger partial charge on any atom is -0.328 e. The van der Waals surface area contributed by atoms with Gasteiger partial charge in [0.05, 0.1) is 5.02 Å². The van der Waals surface area contributed by atoms with E-state index in [1.807, 2.05) is 61.6 Å². The zero-order valence-electron chi connectivity index (χ0n) is 10.5. The maximum Gasteiger partial charge on any atom is 0.151 e. The van der Waals surface area contributed by atoms with E-state index >= 15 is 0 Å². The smallest absolute Gasteiger partial charge is 0.151 e. The quantitative estimate of drug-likeness (QED) is 0.916. The zero-order chi connectivity index (χ0) is 13.0. The average Bonchev–Trinajstić information content (AvgIpc) is 2.40. The van der Waals surface area contributed by atoms with Crippen LogP contribution in [0.1, 0.15) is 5.56 Å². The average molecular weight is 262 g/mol. The van der Waals surface area contributed by atoms with Gasteiger partial charge in [0.25, 0.3) is 0 Å². The number of hydrogen-bond acceptors (Lipinski definition) is 3. The van der Waals surface area contributed by atoms with Gasteiger partial charge in [-0.25, -0.2) is 4.98 Å². The molecule has 0 aliphatic carbocycles. The van der Waals surface area contributed by atoms with Crippen molar-refractivity contribution >= 4 is 23.1 Å². The van der Waals surface area contributed by atoms with Crippen molar-refractivity contribution in [2.24, 2.45) is 0 Å². The molecule has 0 saturated carbocycles. The topological polar surface area (TPSA) is 28.2 Å². The number of benzene rings is 1. The van der Waals surface area contributed by atoms with E-state index in [1.165, 1.54) is 0 Å². The Kier molecular flexibility index (Phi) is 4.18. The van der Waals surface area contributed by atoms with Crippen molar-refractivity contribution in [2.75, 3.05) is 19.0 Å². The standard InChI is InChI=1S/C14H16ClN3/c1-16-9-11-8-13(15)14(17-10-11)18(2)12-6-4-3-5-7-12/h3-8,10,16H,9H2,1-2H3. The van der Waals surface area contributed by atoms with Crippen LogP contribution in [0.5, 0.6) is 0 Å². The lowest BCUT2D eigenvalue weighted by molar-refractivity contribution is 0.813. The summed E-state index contributed by atoms with van der Waals surface area (Å²) < 4.78 is 0. The van der Waals surface area contributed by atoms with E-state index in [-0.39, 0.29) is 0 Å².